The zero-order valence-electron chi connectivity index (χ0n) is 12.3. The molecule has 0 spiro atoms. The van der Waals surface area contributed by atoms with Crippen LogP contribution in [0, 0.1) is 18.8 Å². The van der Waals surface area contributed by atoms with Gasteiger partial charge in [0.25, 0.3) is 0 Å². The van der Waals surface area contributed by atoms with Crippen LogP contribution in [0.3, 0.4) is 0 Å². The average molecular weight is 272 g/mol. The molecule has 18 heavy (non-hydrogen) atoms. The molecule has 1 N–H and O–H groups in total. The van der Waals surface area contributed by atoms with Crippen LogP contribution in [-0.4, -0.2) is 22.9 Å². The Morgan fingerprint density at radius 1 is 1.33 bits per heavy atom. The molecule has 0 aliphatic rings. The maximum Gasteiger partial charge on any atom is 0.0847 e. The maximum atomic E-state index is 6.37. The quantitative estimate of drug-likeness (QED) is 0.825. The maximum absolute atomic E-state index is 6.37. The Bertz CT molecular complexity index is 371. The van der Waals surface area contributed by atoms with Crippen LogP contribution >= 0.6 is 11.6 Å². The fourth-order valence-corrected chi connectivity index (χ4v) is 2.40. The van der Waals surface area contributed by atoms with Crippen molar-refractivity contribution in [3.8, 4) is 0 Å². The summed E-state index contributed by atoms with van der Waals surface area (Å²) in [5.74, 6) is 1.24. The zero-order valence-corrected chi connectivity index (χ0v) is 13.0. The lowest BCUT2D eigenvalue weighted by Gasteiger charge is -2.21. The fraction of sp³-hybridized carbons (Fsp3) is 0.786. The molecule has 1 rings (SSSR count). The van der Waals surface area contributed by atoms with Gasteiger partial charge in [-0.15, -0.1) is 0 Å². The predicted octanol–water partition coefficient (Wildman–Crippen LogP) is 3.29. The summed E-state index contributed by atoms with van der Waals surface area (Å²) in [7, 11) is 0. The van der Waals surface area contributed by atoms with Crippen LogP contribution in [0.25, 0.3) is 0 Å². The Morgan fingerprint density at radius 3 is 2.50 bits per heavy atom. The summed E-state index contributed by atoms with van der Waals surface area (Å²) < 4.78 is 2.04. The topological polar surface area (TPSA) is 29.9 Å². The van der Waals surface area contributed by atoms with Crippen LogP contribution in [0.5, 0.6) is 0 Å². The number of nitrogens with one attached hydrogen (secondary N) is 1. The number of hydrogen-bond donors (Lipinski definition) is 1. The van der Waals surface area contributed by atoms with Crippen molar-refractivity contribution >= 4 is 11.6 Å². The van der Waals surface area contributed by atoms with Gasteiger partial charge < -0.3 is 5.32 Å². The Labute approximate surface area is 116 Å². The highest BCUT2D eigenvalue weighted by atomic mass is 35.5. The highest BCUT2D eigenvalue weighted by Crippen LogP contribution is 2.25. The van der Waals surface area contributed by atoms with Crippen molar-refractivity contribution in [1.29, 1.82) is 0 Å². The van der Waals surface area contributed by atoms with Crippen molar-refractivity contribution in [3.63, 3.8) is 0 Å². The summed E-state index contributed by atoms with van der Waals surface area (Å²) >= 11 is 6.37. The van der Waals surface area contributed by atoms with Crippen LogP contribution in [0.15, 0.2) is 0 Å². The van der Waals surface area contributed by atoms with Crippen LogP contribution in [0.2, 0.25) is 5.02 Å². The molecule has 1 aromatic heterocycles. The Hall–Kier alpha value is -0.540. The molecule has 0 aliphatic carbocycles. The number of halogens is 1. The largest absolute Gasteiger partial charge is 0.317 e. The summed E-state index contributed by atoms with van der Waals surface area (Å²) in [6.45, 7) is 13.7. The van der Waals surface area contributed by atoms with Gasteiger partial charge in [-0.25, -0.2) is 0 Å². The molecule has 0 saturated heterocycles. The lowest BCUT2D eigenvalue weighted by molar-refractivity contribution is 0.355. The van der Waals surface area contributed by atoms with Gasteiger partial charge in [-0.3, -0.25) is 4.68 Å². The van der Waals surface area contributed by atoms with E-state index in [2.05, 4.69) is 38.1 Å². The first-order chi connectivity index (χ1) is 8.51. The Morgan fingerprint density at radius 2 is 2.00 bits per heavy atom. The van der Waals surface area contributed by atoms with E-state index in [-0.39, 0.29) is 0 Å². The minimum atomic E-state index is 0.601. The molecule has 0 fully saturated rings. The van der Waals surface area contributed by atoms with Gasteiger partial charge in [0.15, 0.2) is 0 Å². The van der Waals surface area contributed by atoms with Gasteiger partial charge in [0, 0.05) is 6.54 Å². The zero-order chi connectivity index (χ0) is 13.7. The minimum absolute atomic E-state index is 0.601. The van der Waals surface area contributed by atoms with Crippen molar-refractivity contribution < 1.29 is 0 Å². The fourth-order valence-electron chi connectivity index (χ4n) is 2.19. The lowest BCUT2D eigenvalue weighted by atomic mass is 9.91. The molecule has 0 aliphatic heterocycles. The van der Waals surface area contributed by atoms with Gasteiger partial charge in [0.05, 0.1) is 16.4 Å². The molecule has 3 nitrogen and oxygen atoms in total. The molecule has 0 aromatic carbocycles. The number of aromatic nitrogens is 2. The Kier molecular flexibility index (Phi) is 6.16. The van der Waals surface area contributed by atoms with Gasteiger partial charge in [-0.2, -0.15) is 5.10 Å². The molecular weight excluding hydrogens is 246 g/mol. The van der Waals surface area contributed by atoms with Crippen molar-refractivity contribution in [2.45, 2.75) is 47.6 Å². The summed E-state index contributed by atoms with van der Waals surface area (Å²) in [4.78, 5) is 0. The van der Waals surface area contributed by atoms with E-state index in [9.17, 15) is 0 Å². The monoisotopic (exact) mass is 271 g/mol. The molecule has 0 bridgehead atoms. The van der Waals surface area contributed by atoms with Crippen LogP contribution in [-0.2, 0) is 13.0 Å². The molecule has 0 amide bonds. The van der Waals surface area contributed by atoms with Crippen molar-refractivity contribution in [3.05, 3.63) is 16.4 Å². The van der Waals surface area contributed by atoms with E-state index in [1.54, 1.807) is 0 Å². The first-order valence-corrected chi connectivity index (χ1v) is 7.31. The van der Waals surface area contributed by atoms with Gasteiger partial charge in [0.2, 0.25) is 0 Å². The third-order valence-electron chi connectivity index (χ3n) is 3.51. The van der Waals surface area contributed by atoms with E-state index in [4.69, 9.17) is 11.6 Å². The molecule has 1 atom stereocenters. The van der Waals surface area contributed by atoms with E-state index in [1.165, 1.54) is 5.69 Å². The van der Waals surface area contributed by atoms with Crippen LogP contribution in [0.1, 0.15) is 39.1 Å². The van der Waals surface area contributed by atoms with E-state index in [0.717, 1.165) is 36.8 Å². The third kappa shape index (κ3) is 3.72. The third-order valence-corrected chi connectivity index (χ3v) is 4.00. The minimum Gasteiger partial charge on any atom is -0.317 e. The molecule has 0 saturated carbocycles. The summed E-state index contributed by atoms with van der Waals surface area (Å²) in [5, 5.41) is 8.77. The Balaban J connectivity index is 2.85. The summed E-state index contributed by atoms with van der Waals surface area (Å²) in [6, 6.07) is 0. The van der Waals surface area contributed by atoms with Gasteiger partial charge >= 0.3 is 0 Å². The molecule has 104 valence electrons. The van der Waals surface area contributed by atoms with Crippen molar-refractivity contribution in [1.82, 2.24) is 15.1 Å². The number of hydrogen-bond acceptors (Lipinski definition) is 2. The number of nitrogens with zero attached hydrogens (tertiary/aromatic N) is 2. The highest BCUT2D eigenvalue weighted by Gasteiger charge is 2.19. The first-order valence-electron chi connectivity index (χ1n) is 6.93. The van der Waals surface area contributed by atoms with Gasteiger partial charge in [-0.1, -0.05) is 32.4 Å². The molecule has 1 heterocycles. The van der Waals surface area contributed by atoms with E-state index >= 15 is 0 Å². The molecular formula is C14H26ClN3. The second kappa shape index (κ2) is 7.15. The number of rotatable bonds is 7. The van der Waals surface area contributed by atoms with E-state index in [0.29, 0.717) is 11.8 Å². The number of aryl methyl sites for hydroxylation is 2. The first kappa shape index (κ1) is 15.5. The van der Waals surface area contributed by atoms with Gasteiger partial charge in [0.1, 0.15) is 0 Å². The smallest absolute Gasteiger partial charge is 0.0847 e. The molecule has 1 unspecified atom stereocenters. The SMILES string of the molecule is CCNCC(Cc1c(Cl)c(C)nn1CC)C(C)C. The normalized spacial score (nSPS) is 13.3. The van der Waals surface area contributed by atoms with Gasteiger partial charge in [-0.05, 0) is 45.2 Å². The van der Waals surface area contributed by atoms with E-state index in [1.807, 2.05) is 11.6 Å². The summed E-state index contributed by atoms with van der Waals surface area (Å²) in [5.41, 5.74) is 2.13. The standard InChI is InChI=1S/C14H26ClN3/c1-6-16-9-12(10(3)4)8-13-14(15)11(5)17-18(13)7-2/h10,12,16H,6-9H2,1-5H3. The highest BCUT2D eigenvalue weighted by molar-refractivity contribution is 6.31. The molecule has 1 aromatic rings. The average Bonchev–Trinajstić information content (AvgIpc) is 2.61. The predicted molar refractivity (Wildman–Crippen MR) is 78.2 cm³/mol. The molecule has 0 radical (unpaired) electrons. The second-order valence-electron chi connectivity index (χ2n) is 5.18. The van der Waals surface area contributed by atoms with Crippen molar-refractivity contribution in [2.24, 2.45) is 11.8 Å². The molecule has 4 heteroatoms. The van der Waals surface area contributed by atoms with E-state index < -0.39 is 0 Å². The van der Waals surface area contributed by atoms with Crippen LogP contribution < -0.4 is 5.32 Å². The van der Waals surface area contributed by atoms with Crippen LogP contribution in [0.4, 0.5) is 0 Å². The van der Waals surface area contributed by atoms with Crippen molar-refractivity contribution in [2.75, 3.05) is 13.1 Å². The summed E-state index contributed by atoms with van der Waals surface area (Å²) in [6.07, 6.45) is 0.998. The lowest BCUT2D eigenvalue weighted by Crippen LogP contribution is -2.28. The second-order valence-corrected chi connectivity index (χ2v) is 5.56.